The molecule has 1 saturated heterocycles. The summed E-state index contributed by atoms with van der Waals surface area (Å²) in [5, 5.41) is 0. The highest BCUT2D eigenvalue weighted by molar-refractivity contribution is 7.80. The SMILES string of the molecule is Cc1ccc(C)c(CN2CCCC(C(N)=S)C2)c1. The molecule has 2 N–H and O–H groups in total. The minimum Gasteiger partial charge on any atom is -0.393 e. The van der Waals surface area contributed by atoms with Crippen LogP contribution in [0.1, 0.15) is 29.5 Å². The molecular weight excluding hydrogens is 240 g/mol. The zero-order valence-electron chi connectivity index (χ0n) is 11.3. The van der Waals surface area contributed by atoms with Crippen molar-refractivity contribution in [3.05, 3.63) is 34.9 Å². The molecule has 1 aliphatic heterocycles. The van der Waals surface area contributed by atoms with Crippen molar-refractivity contribution >= 4 is 17.2 Å². The summed E-state index contributed by atoms with van der Waals surface area (Å²) in [6.07, 6.45) is 2.35. The van der Waals surface area contributed by atoms with Gasteiger partial charge in [-0.05, 0) is 44.4 Å². The Bertz CT molecular complexity index is 442. The Morgan fingerprint density at radius 3 is 2.94 bits per heavy atom. The Kier molecular flexibility index (Phi) is 4.36. The van der Waals surface area contributed by atoms with Crippen LogP contribution in [0.4, 0.5) is 0 Å². The predicted octanol–water partition coefficient (Wildman–Crippen LogP) is 2.80. The summed E-state index contributed by atoms with van der Waals surface area (Å²) < 4.78 is 0. The van der Waals surface area contributed by atoms with Crippen molar-refractivity contribution in [2.45, 2.75) is 33.2 Å². The molecule has 2 rings (SSSR count). The molecule has 0 amide bonds. The fourth-order valence-corrected chi connectivity index (χ4v) is 2.84. The summed E-state index contributed by atoms with van der Waals surface area (Å²) in [7, 11) is 0. The zero-order valence-corrected chi connectivity index (χ0v) is 12.1. The van der Waals surface area contributed by atoms with Crippen LogP contribution in [-0.4, -0.2) is 23.0 Å². The summed E-state index contributed by atoms with van der Waals surface area (Å²) in [5.74, 6) is 0.402. The molecule has 1 aromatic rings. The third kappa shape index (κ3) is 3.30. The van der Waals surface area contributed by atoms with Crippen LogP contribution in [0.2, 0.25) is 0 Å². The number of hydrogen-bond donors (Lipinski definition) is 1. The van der Waals surface area contributed by atoms with Crippen molar-refractivity contribution in [3.8, 4) is 0 Å². The molecule has 3 heteroatoms. The monoisotopic (exact) mass is 262 g/mol. The summed E-state index contributed by atoms with van der Waals surface area (Å²) in [5.41, 5.74) is 9.92. The molecule has 0 spiro atoms. The van der Waals surface area contributed by atoms with Crippen LogP contribution in [0.25, 0.3) is 0 Å². The third-order valence-corrected chi connectivity index (χ3v) is 4.14. The van der Waals surface area contributed by atoms with Crippen LogP contribution in [-0.2, 0) is 6.54 Å². The molecule has 1 aromatic carbocycles. The number of aryl methyl sites for hydroxylation is 2. The molecule has 2 nitrogen and oxygen atoms in total. The minimum absolute atomic E-state index is 0.402. The quantitative estimate of drug-likeness (QED) is 0.849. The maximum absolute atomic E-state index is 5.78. The standard InChI is InChI=1S/C15H22N2S/c1-11-5-6-12(2)14(8-11)10-17-7-3-4-13(9-17)15(16)18/h5-6,8,13H,3-4,7,9-10H2,1-2H3,(H2,16,18). The summed E-state index contributed by atoms with van der Waals surface area (Å²) in [6.45, 7) is 7.53. The molecule has 0 saturated carbocycles. The van der Waals surface area contributed by atoms with Gasteiger partial charge in [0.25, 0.3) is 0 Å². The van der Waals surface area contributed by atoms with Gasteiger partial charge >= 0.3 is 0 Å². The summed E-state index contributed by atoms with van der Waals surface area (Å²) in [4.78, 5) is 3.16. The van der Waals surface area contributed by atoms with Gasteiger partial charge in [0.15, 0.2) is 0 Å². The maximum Gasteiger partial charge on any atom is 0.0771 e. The van der Waals surface area contributed by atoms with E-state index >= 15 is 0 Å². The van der Waals surface area contributed by atoms with E-state index in [1.807, 2.05) is 0 Å². The molecule has 0 radical (unpaired) electrons. The van der Waals surface area contributed by atoms with Gasteiger partial charge in [0.05, 0.1) is 4.99 Å². The number of nitrogens with zero attached hydrogens (tertiary/aromatic N) is 1. The lowest BCUT2D eigenvalue weighted by molar-refractivity contribution is 0.197. The lowest BCUT2D eigenvalue weighted by Gasteiger charge is -2.32. The molecule has 0 aromatic heterocycles. The van der Waals surface area contributed by atoms with E-state index in [1.165, 1.54) is 23.1 Å². The highest BCUT2D eigenvalue weighted by Crippen LogP contribution is 2.20. The van der Waals surface area contributed by atoms with Crippen LogP contribution < -0.4 is 5.73 Å². The van der Waals surface area contributed by atoms with Gasteiger partial charge in [0, 0.05) is 19.0 Å². The van der Waals surface area contributed by atoms with Crippen LogP contribution in [0, 0.1) is 19.8 Å². The number of rotatable bonds is 3. The van der Waals surface area contributed by atoms with Gasteiger partial charge in [-0.3, -0.25) is 4.90 Å². The van der Waals surface area contributed by atoms with Gasteiger partial charge in [0.1, 0.15) is 0 Å². The first kappa shape index (κ1) is 13.5. The molecule has 98 valence electrons. The van der Waals surface area contributed by atoms with Crippen LogP contribution in [0.3, 0.4) is 0 Å². The number of thiocarbonyl (C=S) groups is 1. The molecule has 1 fully saturated rings. The zero-order chi connectivity index (χ0) is 13.1. The summed E-state index contributed by atoms with van der Waals surface area (Å²) in [6, 6.07) is 6.67. The Morgan fingerprint density at radius 1 is 1.44 bits per heavy atom. The van der Waals surface area contributed by atoms with E-state index in [0.717, 1.165) is 26.1 Å². The van der Waals surface area contributed by atoms with Gasteiger partial charge in [-0.1, -0.05) is 36.0 Å². The lowest BCUT2D eigenvalue weighted by Crippen LogP contribution is -2.40. The average Bonchev–Trinajstić information content (AvgIpc) is 2.34. The number of likely N-dealkylation sites (tertiary alicyclic amines) is 1. The molecular formula is C15H22N2S. The lowest BCUT2D eigenvalue weighted by atomic mass is 9.97. The normalized spacial score (nSPS) is 20.9. The maximum atomic E-state index is 5.78. The number of piperidine rings is 1. The minimum atomic E-state index is 0.402. The Labute approximate surface area is 115 Å². The molecule has 1 unspecified atom stereocenters. The molecule has 0 aliphatic carbocycles. The molecule has 0 bridgehead atoms. The van der Waals surface area contributed by atoms with Crippen molar-refractivity contribution in [3.63, 3.8) is 0 Å². The van der Waals surface area contributed by atoms with Gasteiger partial charge in [-0.15, -0.1) is 0 Å². The van der Waals surface area contributed by atoms with Crippen molar-refractivity contribution in [1.29, 1.82) is 0 Å². The Balaban J connectivity index is 2.04. The first-order chi connectivity index (χ1) is 8.56. The first-order valence-electron chi connectivity index (χ1n) is 6.64. The first-order valence-corrected chi connectivity index (χ1v) is 7.05. The summed E-state index contributed by atoms with van der Waals surface area (Å²) >= 11 is 5.13. The van der Waals surface area contributed by atoms with Crippen LogP contribution >= 0.6 is 12.2 Å². The number of nitrogens with two attached hydrogens (primary N) is 1. The van der Waals surface area contributed by atoms with Crippen LogP contribution in [0.5, 0.6) is 0 Å². The van der Waals surface area contributed by atoms with Gasteiger partial charge in [-0.25, -0.2) is 0 Å². The topological polar surface area (TPSA) is 29.3 Å². The van der Waals surface area contributed by atoms with Crippen molar-refractivity contribution in [1.82, 2.24) is 4.90 Å². The fourth-order valence-electron chi connectivity index (χ4n) is 2.64. The smallest absolute Gasteiger partial charge is 0.0771 e. The van der Waals surface area contributed by atoms with E-state index in [0.29, 0.717) is 10.9 Å². The van der Waals surface area contributed by atoms with Crippen LogP contribution in [0.15, 0.2) is 18.2 Å². The third-order valence-electron chi connectivity index (χ3n) is 3.81. The van der Waals surface area contributed by atoms with E-state index in [1.54, 1.807) is 0 Å². The van der Waals surface area contributed by atoms with Crippen molar-refractivity contribution in [2.24, 2.45) is 11.7 Å². The fraction of sp³-hybridized carbons (Fsp3) is 0.533. The molecule has 18 heavy (non-hydrogen) atoms. The predicted molar refractivity (Wildman–Crippen MR) is 80.7 cm³/mol. The van der Waals surface area contributed by atoms with E-state index in [4.69, 9.17) is 18.0 Å². The van der Waals surface area contributed by atoms with Gasteiger partial charge in [-0.2, -0.15) is 0 Å². The molecule has 1 heterocycles. The Morgan fingerprint density at radius 2 is 2.22 bits per heavy atom. The second-order valence-corrected chi connectivity index (χ2v) is 5.88. The highest BCUT2D eigenvalue weighted by Gasteiger charge is 2.22. The molecule has 1 aliphatic rings. The van der Waals surface area contributed by atoms with E-state index < -0.39 is 0 Å². The van der Waals surface area contributed by atoms with Crippen molar-refractivity contribution in [2.75, 3.05) is 13.1 Å². The van der Waals surface area contributed by atoms with Gasteiger partial charge in [0.2, 0.25) is 0 Å². The van der Waals surface area contributed by atoms with E-state index in [2.05, 4.69) is 36.9 Å². The van der Waals surface area contributed by atoms with Crippen molar-refractivity contribution < 1.29 is 0 Å². The van der Waals surface area contributed by atoms with E-state index in [-0.39, 0.29) is 0 Å². The highest BCUT2D eigenvalue weighted by atomic mass is 32.1. The Hall–Kier alpha value is -0.930. The number of hydrogen-bond acceptors (Lipinski definition) is 2. The second kappa shape index (κ2) is 5.81. The number of benzene rings is 1. The average molecular weight is 262 g/mol. The van der Waals surface area contributed by atoms with E-state index in [9.17, 15) is 0 Å². The van der Waals surface area contributed by atoms with Gasteiger partial charge < -0.3 is 5.73 Å². The molecule has 1 atom stereocenters. The second-order valence-electron chi connectivity index (χ2n) is 5.41. The largest absolute Gasteiger partial charge is 0.393 e.